The minimum atomic E-state index is -1.25. The second-order valence-corrected chi connectivity index (χ2v) is 4.02. The molecule has 0 aliphatic heterocycles. The molecule has 0 saturated carbocycles. The van der Waals surface area contributed by atoms with Crippen molar-refractivity contribution in [2.24, 2.45) is 0 Å². The Morgan fingerprint density at radius 3 is 1.32 bits per heavy atom. The first-order valence-corrected chi connectivity index (χ1v) is 5.85. The summed E-state index contributed by atoms with van der Waals surface area (Å²) >= 11 is 0. The monoisotopic (exact) mass is 254 g/mol. The minimum absolute atomic E-state index is 1.10. The minimum Gasteiger partial charge on any atom is -0.450 e. The number of rotatable bonds is 0. The maximum Gasteiger partial charge on any atom is 0.505 e. The van der Waals surface area contributed by atoms with Gasteiger partial charge in [-0.25, -0.2) is 4.79 Å². The van der Waals surface area contributed by atoms with Crippen LogP contribution in [-0.4, -0.2) is 18.4 Å². The fraction of sp³-hybridized carbons (Fsp3) is 0.0625. The van der Waals surface area contributed by atoms with E-state index in [0.717, 1.165) is 7.11 Å². The van der Waals surface area contributed by atoms with Crippen LogP contribution in [0.3, 0.4) is 0 Å². The summed E-state index contributed by atoms with van der Waals surface area (Å²) in [6.07, 6.45) is -1.25. The van der Waals surface area contributed by atoms with Gasteiger partial charge in [0.15, 0.2) is 0 Å². The van der Waals surface area contributed by atoms with E-state index in [1.54, 1.807) is 0 Å². The molecule has 0 unspecified atom stereocenters. The summed E-state index contributed by atoms with van der Waals surface area (Å²) < 4.78 is 3.67. The number of methoxy groups -OCH3 is 1. The van der Waals surface area contributed by atoms with Gasteiger partial charge in [-0.05, 0) is 33.7 Å². The average Bonchev–Trinajstić information content (AvgIpc) is 2.45. The van der Waals surface area contributed by atoms with Gasteiger partial charge in [-0.3, -0.25) is 0 Å². The molecule has 3 heteroatoms. The zero-order chi connectivity index (χ0) is 13.7. The molecule has 1 N–H and O–H groups in total. The van der Waals surface area contributed by atoms with Crippen LogP contribution in [0.5, 0.6) is 0 Å². The van der Waals surface area contributed by atoms with Crippen LogP contribution in [0.25, 0.3) is 21.5 Å². The van der Waals surface area contributed by atoms with Crippen LogP contribution < -0.4 is 0 Å². The molecular weight excluding hydrogens is 240 g/mol. The normalized spacial score (nSPS) is 9.74. The third kappa shape index (κ3) is 3.22. The highest BCUT2D eigenvalue weighted by Crippen LogP contribution is 2.21. The lowest BCUT2D eigenvalue weighted by molar-refractivity contribution is 0.114. The molecule has 3 nitrogen and oxygen atoms in total. The van der Waals surface area contributed by atoms with E-state index in [2.05, 4.69) is 65.4 Å². The van der Waals surface area contributed by atoms with Crippen molar-refractivity contribution in [3.63, 3.8) is 0 Å². The zero-order valence-electron chi connectivity index (χ0n) is 10.5. The topological polar surface area (TPSA) is 46.5 Å². The van der Waals surface area contributed by atoms with Gasteiger partial charge in [0.1, 0.15) is 0 Å². The molecule has 0 atom stereocenters. The molecule has 0 spiro atoms. The van der Waals surface area contributed by atoms with Crippen LogP contribution in [0.15, 0.2) is 60.7 Å². The summed E-state index contributed by atoms with van der Waals surface area (Å²) in [5.41, 5.74) is 0. The summed E-state index contributed by atoms with van der Waals surface area (Å²) in [7, 11) is 1.10. The molecular formula is C16H14O3. The van der Waals surface area contributed by atoms with E-state index >= 15 is 0 Å². The Labute approximate surface area is 111 Å². The Bertz CT molecular complexity index is 599. The first-order valence-electron chi connectivity index (χ1n) is 5.85. The molecule has 0 aromatic heterocycles. The maximum atomic E-state index is 9.15. The largest absolute Gasteiger partial charge is 0.505 e. The Morgan fingerprint density at radius 1 is 0.842 bits per heavy atom. The summed E-state index contributed by atoms with van der Waals surface area (Å²) in [5.74, 6) is 0. The quantitative estimate of drug-likeness (QED) is 0.480. The van der Waals surface area contributed by atoms with Gasteiger partial charge in [0.25, 0.3) is 0 Å². The van der Waals surface area contributed by atoms with E-state index in [0.29, 0.717) is 0 Å². The van der Waals surface area contributed by atoms with Gasteiger partial charge < -0.3 is 9.84 Å². The molecule has 0 fully saturated rings. The molecule has 3 aromatic rings. The average molecular weight is 254 g/mol. The van der Waals surface area contributed by atoms with Gasteiger partial charge in [-0.1, -0.05) is 48.5 Å². The van der Waals surface area contributed by atoms with E-state index < -0.39 is 6.16 Å². The predicted octanol–water partition coefficient (Wildman–Crippen LogP) is 4.30. The van der Waals surface area contributed by atoms with Crippen molar-refractivity contribution in [1.82, 2.24) is 0 Å². The highest BCUT2D eigenvalue weighted by molar-refractivity contribution is 5.98. The van der Waals surface area contributed by atoms with Crippen molar-refractivity contribution in [3.8, 4) is 0 Å². The fourth-order valence-electron chi connectivity index (χ4n) is 1.88. The Kier molecular flexibility index (Phi) is 3.98. The first-order chi connectivity index (χ1) is 9.20. The van der Waals surface area contributed by atoms with Crippen LogP contribution in [-0.2, 0) is 4.74 Å². The van der Waals surface area contributed by atoms with Gasteiger partial charge in [0.2, 0.25) is 0 Å². The summed E-state index contributed by atoms with van der Waals surface area (Å²) in [6.45, 7) is 0. The van der Waals surface area contributed by atoms with Gasteiger partial charge in [-0.15, -0.1) is 0 Å². The molecule has 3 rings (SSSR count). The van der Waals surface area contributed by atoms with Crippen LogP contribution in [0, 0.1) is 0 Å². The number of carbonyl (C=O) groups is 1. The summed E-state index contributed by atoms with van der Waals surface area (Å²) in [5, 5.41) is 12.7. The third-order valence-electron chi connectivity index (χ3n) is 2.79. The third-order valence-corrected chi connectivity index (χ3v) is 2.79. The highest BCUT2D eigenvalue weighted by atomic mass is 16.6. The van der Waals surface area contributed by atoms with Crippen molar-refractivity contribution in [2.45, 2.75) is 0 Å². The number of ether oxygens (including phenoxy) is 1. The Balaban J connectivity index is 0.000000232. The zero-order valence-corrected chi connectivity index (χ0v) is 10.5. The molecule has 0 bridgehead atoms. The number of hydrogen-bond acceptors (Lipinski definition) is 2. The van der Waals surface area contributed by atoms with Crippen molar-refractivity contribution in [1.29, 1.82) is 0 Å². The van der Waals surface area contributed by atoms with E-state index in [1.807, 2.05) is 0 Å². The fourth-order valence-corrected chi connectivity index (χ4v) is 1.88. The summed E-state index contributed by atoms with van der Waals surface area (Å²) in [6, 6.07) is 21.4. The van der Waals surface area contributed by atoms with Gasteiger partial charge >= 0.3 is 6.16 Å². The predicted molar refractivity (Wildman–Crippen MR) is 76.5 cm³/mol. The smallest absolute Gasteiger partial charge is 0.450 e. The number of fused-ring (bicyclic) bond motifs is 2. The van der Waals surface area contributed by atoms with Crippen LogP contribution in [0.4, 0.5) is 4.79 Å². The standard InChI is InChI=1S/C14H10.C2H4O3/c1-2-6-12-10-14-8-4-3-7-13(14)9-11(12)5-1;1-5-2(3)4/h1-10H;1H3,(H,3,4). The molecule has 0 aliphatic rings. The Morgan fingerprint density at radius 2 is 1.11 bits per heavy atom. The van der Waals surface area contributed by atoms with Crippen molar-refractivity contribution in [3.05, 3.63) is 60.7 Å². The van der Waals surface area contributed by atoms with E-state index in [-0.39, 0.29) is 0 Å². The van der Waals surface area contributed by atoms with Gasteiger partial charge in [0, 0.05) is 0 Å². The van der Waals surface area contributed by atoms with Crippen LogP contribution >= 0.6 is 0 Å². The number of carboxylic acid groups (broad SMARTS) is 1. The Hall–Kier alpha value is -2.55. The lowest BCUT2D eigenvalue weighted by Crippen LogP contribution is -1.91. The highest BCUT2D eigenvalue weighted by Gasteiger charge is 1.95. The molecule has 0 saturated heterocycles. The SMILES string of the molecule is COC(=O)O.c1ccc2cc3ccccc3cc2c1. The van der Waals surface area contributed by atoms with Crippen molar-refractivity contribution in [2.75, 3.05) is 7.11 Å². The van der Waals surface area contributed by atoms with Crippen molar-refractivity contribution < 1.29 is 14.6 Å². The first kappa shape index (κ1) is 12.9. The van der Waals surface area contributed by atoms with E-state index in [9.17, 15) is 0 Å². The van der Waals surface area contributed by atoms with E-state index in [1.165, 1.54) is 21.5 Å². The molecule has 0 aliphatic carbocycles. The molecule has 0 amide bonds. The second-order valence-electron chi connectivity index (χ2n) is 4.02. The second kappa shape index (κ2) is 5.87. The van der Waals surface area contributed by atoms with Crippen molar-refractivity contribution >= 4 is 27.7 Å². The lowest BCUT2D eigenvalue weighted by Gasteiger charge is -2.00. The lowest BCUT2D eigenvalue weighted by atomic mass is 10.0. The number of hydrogen-bond donors (Lipinski definition) is 1. The van der Waals surface area contributed by atoms with E-state index in [4.69, 9.17) is 9.90 Å². The van der Waals surface area contributed by atoms with Gasteiger partial charge in [0.05, 0.1) is 7.11 Å². The van der Waals surface area contributed by atoms with Crippen LogP contribution in [0.1, 0.15) is 0 Å². The molecule has 0 radical (unpaired) electrons. The van der Waals surface area contributed by atoms with Crippen LogP contribution in [0.2, 0.25) is 0 Å². The number of benzene rings is 3. The van der Waals surface area contributed by atoms with Gasteiger partial charge in [-0.2, -0.15) is 0 Å². The maximum absolute atomic E-state index is 9.15. The summed E-state index contributed by atoms with van der Waals surface area (Å²) in [4.78, 5) is 9.15. The molecule has 0 heterocycles. The molecule has 96 valence electrons. The molecule has 3 aromatic carbocycles. The molecule has 19 heavy (non-hydrogen) atoms.